The van der Waals surface area contributed by atoms with Crippen molar-refractivity contribution in [2.45, 2.75) is 39.1 Å². The van der Waals surface area contributed by atoms with Gasteiger partial charge >= 0.3 is 12.3 Å². The number of alkyl halides is 3. The average molecular weight is 318 g/mol. The molecule has 0 aliphatic heterocycles. The quantitative estimate of drug-likeness (QED) is 0.925. The van der Waals surface area contributed by atoms with Crippen LogP contribution in [0.4, 0.5) is 18.0 Å². The predicted molar refractivity (Wildman–Crippen MR) is 77.1 cm³/mol. The average Bonchev–Trinajstić information content (AvgIpc) is 2.35. The largest absolute Gasteiger partial charge is 0.444 e. The number of hydrogen-bond acceptors (Lipinski definition) is 3. The third-order valence-electron chi connectivity index (χ3n) is 2.68. The molecule has 124 valence electrons. The number of ether oxygens (including phenoxy) is 1. The monoisotopic (exact) mass is 318 g/mol. The van der Waals surface area contributed by atoms with E-state index in [-0.39, 0.29) is 19.6 Å². The molecule has 1 rings (SSSR count). The number of rotatable bonds is 4. The van der Waals surface area contributed by atoms with Crippen molar-refractivity contribution in [3.05, 3.63) is 35.4 Å². The Hall–Kier alpha value is -1.76. The van der Waals surface area contributed by atoms with E-state index in [2.05, 4.69) is 0 Å². The number of nitrogens with zero attached hydrogens (tertiary/aromatic N) is 1. The van der Waals surface area contributed by atoms with Crippen molar-refractivity contribution < 1.29 is 22.7 Å². The zero-order chi connectivity index (χ0) is 17.0. The molecule has 0 atom stereocenters. The summed E-state index contributed by atoms with van der Waals surface area (Å²) >= 11 is 0. The highest BCUT2D eigenvalue weighted by Crippen LogP contribution is 2.29. The molecule has 2 N–H and O–H groups in total. The van der Waals surface area contributed by atoms with Crippen LogP contribution in [0, 0.1) is 0 Å². The van der Waals surface area contributed by atoms with Crippen molar-refractivity contribution in [1.29, 1.82) is 0 Å². The lowest BCUT2D eigenvalue weighted by Crippen LogP contribution is -2.39. The first-order valence-electron chi connectivity index (χ1n) is 6.87. The molecule has 1 aromatic rings. The van der Waals surface area contributed by atoms with Crippen molar-refractivity contribution in [3.8, 4) is 0 Å². The summed E-state index contributed by atoms with van der Waals surface area (Å²) in [6.45, 7) is 5.56. The summed E-state index contributed by atoms with van der Waals surface area (Å²) < 4.78 is 43.4. The van der Waals surface area contributed by atoms with Crippen molar-refractivity contribution in [2.75, 3.05) is 13.1 Å². The zero-order valence-electron chi connectivity index (χ0n) is 12.9. The van der Waals surface area contributed by atoms with E-state index < -0.39 is 23.4 Å². The summed E-state index contributed by atoms with van der Waals surface area (Å²) in [6, 6.07) is 4.86. The minimum Gasteiger partial charge on any atom is -0.444 e. The Morgan fingerprint density at radius 3 is 2.41 bits per heavy atom. The van der Waals surface area contributed by atoms with Gasteiger partial charge in [-0.2, -0.15) is 13.2 Å². The van der Waals surface area contributed by atoms with Crippen LogP contribution in [0.1, 0.15) is 31.9 Å². The molecule has 7 heteroatoms. The summed E-state index contributed by atoms with van der Waals surface area (Å²) in [7, 11) is 0. The minimum absolute atomic E-state index is 0.00995. The summed E-state index contributed by atoms with van der Waals surface area (Å²) in [6.07, 6.45) is -5.02. The van der Waals surface area contributed by atoms with E-state index in [1.165, 1.54) is 17.0 Å². The molecular formula is C15H21F3N2O2. The fourth-order valence-electron chi connectivity index (χ4n) is 1.78. The first kappa shape index (κ1) is 18.3. The third kappa shape index (κ3) is 5.93. The highest BCUT2D eigenvalue weighted by atomic mass is 19.4. The maximum absolute atomic E-state index is 12.7. The minimum atomic E-state index is -4.42. The molecule has 0 fully saturated rings. The maximum atomic E-state index is 12.7. The van der Waals surface area contributed by atoms with Crippen molar-refractivity contribution >= 4 is 6.09 Å². The molecule has 4 nitrogen and oxygen atoms in total. The lowest BCUT2D eigenvalue weighted by Gasteiger charge is -2.27. The van der Waals surface area contributed by atoms with Crippen LogP contribution in [-0.2, 0) is 17.5 Å². The van der Waals surface area contributed by atoms with Gasteiger partial charge in [-0.1, -0.05) is 12.1 Å². The Morgan fingerprint density at radius 2 is 1.91 bits per heavy atom. The second-order valence-corrected chi connectivity index (χ2v) is 5.89. The Kier molecular flexibility index (Phi) is 5.82. The molecule has 0 aliphatic rings. The summed E-state index contributed by atoms with van der Waals surface area (Å²) in [5.41, 5.74) is 4.39. The first-order chi connectivity index (χ1) is 10.0. The lowest BCUT2D eigenvalue weighted by atomic mass is 10.1. The van der Waals surface area contributed by atoms with E-state index in [4.69, 9.17) is 10.5 Å². The van der Waals surface area contributed by atoms with Gasteiger partial charge in [0.05, 0.1) is 5.56 Å². The van der Waals surface area contributed by atoms with Crippen molar-refractivity contribution in [2.24, 2.45) is 5.73 Å². The summed E-state index contributed by atoms with van der Waals surface area (Å²) in [4.78, 5) is 13.4. The van der Waals surface area contributed by atoms with Crippen LogP contribution in [0.15, 0.2) is 24.3 Å². The second-order valence-electron chi connectivity index (χ2n) is 5.89. The second kappa shape index (κ2) is 7.00. The summed E-state index contributed by atoms with van der Waals surface area (Å²) in [5, 5.41) is 0. The number of benzene rings is 1. The molecule has 1 amide bonds. The molecule has 1 aromatic carbocycles. The molecule has 0 radical (unpaired) electrons. The number of nitrogens with two attached hydrogens (primary N) is 1. The fourth-order valence-corrected chi connectivity index (χ4v) is 1.78. The van der Waals surface area contributed by atoms with Crippen LogP contribution in [0.5, 0.6) is 0 Å². The molecule has 22 heavy (non-hydrogen) atoms. The van der Waals surface area contributed by atoms with Gasteiger partial charge in [-0.25, -0.2) is 4.79 Å². The fraction of sp³-hybridized carbons (Fsp3) is 0.533. The number of hydrogen-bond donors (Lipinski definition) is 1. The van der Waals surface area contributed by atoms with E-state index in [1.807, 2.05) is 0 Å². The smallest absolute Gasteiger partial charge is 0.416 e. The van der Waals surface area contributed by atoms with Crippen molar-refractivity contribution in [3.63, 3.8) is 0 Å². The molecule has 0 saturated carbocycles. The SMILES string of the molecule is CC(C)(C)OC(=O)N(CCN)Cc1cccc(C(F)(F)F)c1. The van der Waals surface area contributed by atoms with E-state index in [9.17, 15) is 18.0 Å². The van der Waals surface area contributed by atoms with Gasteiger partial charge in [0.1, 0.15) is 5.60 Å². The number of amides is 1. The van der Waals surface area contributed by atoms with Gasteiger partial charge in [0, 0.05) is 19.6 Å². The summed E-state index contributed by atoms with van der Waals surface area (Å²) in [5.74, 6) is 0. The van der Waals surface area contributed by atoms with E-state index in [0.29, 0.717) is 5.56 Å². The molecule has 0 saturated heterocycles. The van der Waals surface area contributed by atoms with Crippen LogP contribution >= 0.6 is 0 Å². The Morgan fingerprint density at radius 1 is 1.27 bits per heavy atom. The van der Waals surface area contributed by atoms with E-state index in [0.717, 1.165) is 12.1 Å². The van der Waals surface area contributed by atoms with Crippen LogP contribution in [0.3, 0.4) is 0 Å². The van der Waals surface area contributed by atoms with Crippen molar-refractivity contribution in [1.82, 2.24) is 4.90 Å². The van der Waals surface area contributed by atoms with Gasteiger partial charge in [0.15, 0.2) is 0 Å². The predicted octanol–water partition coefficient (Wildman–Crippen LogP) is 3.40. The molecule has 0 unspecified atom stereocenters. The number of carbonyl (C=O) groups is 1. The highest BCUT2D eigenvalue weighted by molar-refractivity contribution is 5.68. The molecule has 0 aromatic heterocycles. The molecular weight excluding hydrogens is 297 g/mol. The molecule has 0 aliphatic carbocycles. The molecule has 0 bridgehead atoms. The standard InChI is InChI=1S/C15H21F3N2O2/c1-14(2,3)22-13(21)20(8-7-19)10-11-5-4-6-12(9-11)15(16,17)18/h4-6,9H,7-8,10,19H2,1-3H3. The topological polar surface area (TPSA) is 55.6 Å². The number of carbonyl (C=O) groups excluding carboxylic acids is 1. The Bertz CT molecular complexity index is 510. The Labute approximate surface area is 128 Å². The normalized spacial score (nSPS) is 12.1. The van der Waals surface area contributed by atoms with Gasteiger partial charge in [-0.3, -0.25) is 0 Å². The molecule has 0 spiro atoms. The lowest BCUT2D eigenvalue weighted by molar-refractivity contribution is -0.137. The van der Waals surface area contributed by atoms with Crippen LogP contribution in [-0.4, -0.2) is 29.7 Å². The first-order valence-corrected chi connectivity index (χ1v) is 6.87. The number of halogens is 3. The van der Waals surface area contributed by atoms with Gasteiger partial charge < -0.3 is 15.4 Å². The zero-order valence-corrected chi connectivity index (χ0v) is 12.9. The van der Waals surface area contributed by atoms with E-state index in [1.54, 1.807) is 20.8 Å². The van der Waals surface area contributed by atoms with Gasteiger partial charge in [0.2, 0.25) is 0 Å². The maximum Gasteiger partial charge on any atom is 0.416 e. The highest BCUT2D eigenvalue weighted by Gasteiger charge is 2.30. The van der Waals surface area contributed by atoms with Crippen LogP contribution in [0.2, 0.25) is 0 Å². The van der Waals surface area contributed by atoms with Crippen LogP contribution < -0.4 is 5.73 Å². The van der Waals surface area contributed by atoms with E-state index >= 15 is 0 Å². The van der Waals surface area contributed by atoms with Crippen LogP contribution in [0.25, 0.3) is 0 Å². The Balaban J connectivity index is 2.89. The third-order valence-corrected chi connectivity index (χ3v) is 2.68. The van der Waals surface area contributed by atoms with Gasteiger partial charge in [0.25, 0.3) is 0 Å². The molecule has 0 heterocycles. The van der Waals surface area contributed by atoms with Gasteiger partial charge in [-0.15, -0.1) is 0 Å². The van der Waals surface area contributed by atoms with Gasteiger partial charge in [-0.05, 0) is 38.5 Å².